The molecule has 0 radical (unpaired) electrons. The zero-order valence-corrected chi connectivity index (χ0v) is 10.7. The summed E-state index contributed by atoms with van der Waals surface area (Å²) in [6, 6.07) is 2.06. The van der Waals surface area contributed by atoms with Gasteiger partial charge in [-0.25, -0.2) is 9.97 Å². The van der Waals surface area contributed by atoms with E-state index in [2.05, 4.69) is 31.5 Å². The predicted octanol–water partition coefficient (Wildman–Crippen LogP) is 2.31. The van der Waals surface area contributed by atoms with Crippen molar-refractivity contribution in [2.24, 2.45) is 0 Å². The maximum Gasteiger partial charge on any atom is 0.129 e. The first kappa shape index (κ1) is 11.2. The van der Waals surface area contributed by atoms with Gasteiger partial charge in [0.25, 0.3) is 0 Å². The van der Waals surface area contributed by atoms with E-state index < -0.39 is 0 Å². The molecule has 0 aliphatic heterocycles. The van der Waals surface area contributed by atoms with Gasteiger partial charge in [-0.2, -0.15) is 5.10 Å². The molecule has 0 amide bonds. The average molecular weight is 243 g/mol. The third-order valence-corrected chi connectivity index (χ3v) is 3.41. The molecule has 1 aliphatic carbocycles. The molecule has 1 saturated carbocycles. The molecule has 5 heteroatoms. The largest absolute Gasteiger partial charge is 0.366 e. The molecule has 1 fully saturated rings. The van der Waals surface area contributed by atoms with E-state index in [1.54, 1.807) is 6.33 Å². The van der Waals surface area contributed by atoms with E-state index in [-0.39, 0.29) is 0 Å². The van der Waals surface area contributed by atoms with E-state index in [4.69, 9.17) is 0 Å². The van der Waals surface area contributed by atoms with Crippen LogP contribution < -0.4 is 5.32 Å². The van der Waals surface area contributed by atoms with Crippen LogP contribution in [0.5, 0.6) is 0 Å². The summed E-state index contributed by atoms with van der Waals surface area (Å²) in [5, 5.41) is 10.5. The lowest BCUT2D eigenvalue weighted by Crippen LogP contribution is -2.04. The summed E-state index contributed by atoms with van der Waals surface area (Å²) in [6.45, 7) is 4.79. The Hall–Kier alpha value is -1.91. The zero-order chi connectivity index (χ0) is 12.5. The van der Waals surface area contributed by atoms with Gasteiger partial charge in [0.15, 0.2) is 0 Å². The maximum atomic E-state index is 4.31. The molecular weight excluding hydrogens is 226 g/mol. The molecule has 2 N–H and O–H groups in total. The monoisotopic (exact) mass is 243 g/mol. The number of aryl methyl sites for hydroxylation is 2. The Kier molecular flexibility index (Phi) is 2.74. The Morgan fingerprint density at radius 2 is 2.17 bits per heavy atom. The van der Waals surface area contributed by atoms with E-state index in [0.29, 0.717) is 5.92 Å². The van der Waals surface area contributed by atoms with Crippen molar-refractivity contribution in [1.82, 2.24) is 20.2 Å². The van der Waals surface area contributed by atoms with Crippen molar-refractivity contribution in [2.75, 3.05) is 5.32 Å². The Labute approximate surface area is 106 Å². The first-order valence-electron chi connectivity index (χ1n) is 6.30. The Balaban J connectivity index is 1.71. The highest BCUT2D eigenvalue weighted by molar-refractivity contribution is 5.39. The standard InChI is InChI=1S/C13H17N5/c1-8-11(9(2)18-17-8)6-14-13-5-12(10-3-4-10)15-7-16-13/h5,7,10H,3-4,6H2,1-2H3,(H,17,18)(H,14,15,16). The number of rotatable bonds is 4. The van der Waals surface area contributed by atoms with Gasteiger partial charge >= 0.3 is 0 Å². The van der Waals surface area contributed by atoms with E-state index in [0.717, 1.165) is 29.4 Å². The van der Waals surface area contributed by atoms with Gasteiger partial charge in [0.2, 0.25) is 0 Å². The van der Waals surface area contributed by atoms with Crippen molar-refractivity contribution >= 4 is 5.82 Å². The Bertz CT molecular complexity index is 537. The molecule has 0 unspecified atom stereocenters. The van der Waals surface area contributed by atoms with Gasteiger partial charge in [-0.15, -0.1) is 0 Å². The summed E-state index contributed by atoms with van der Waals surface area (Å²) in [5.74, 6) is 1.55. The molecule has 2 aromatic heterocycles. The number of nitrogens with zero attached hydrogens (tertiary/aromatic N) is 3. The number of aromatic amines is 1. The topological polar surface area (TPSA) is 66.5 Å². The normalized spacial score (nSPS) is 14.8. The highest BCUT2D eigenvalue weighted by atomic mass is 15.1. The fourth-order valence-electron chi connectivity index (χ4n) is 2.08. The molecule has 0 atom stereocenters. The summed E-state index contributed by atoms with van der Waals surface area (Å²) >= 11 is 0. The highest BCUT2D eigenvalue weighted by Crippen LogP contribution is 2.39. The van der Waals surface area contributed by atoms with Gasteiger partial charge in [0, 0.05) is 35.5 Å². The van der Waals surface area contributed by atoms with E-state index in [9.17, 15) is 0 Å². The fourth-order valence-corrected chi connectivity index (χ4v) is 2.08. The minimum Gasteiger partial charge on any atom is -0.366 e. The second kappa shape index (κ2) is 4.40. The predicted molar refractivity (Wildman–Crippen MR) is 69.4 cm³/mol. The zero-order valence-electron chi connectivity index (χ0n) is 10.7. The molecule has 3 rings (SSSR count). The number of hydrogen-bond acceptors (Lipinski definition) is 4. The van der Waals surface area contributed by atoms with Gasteiger partial charge in [0.05, 0.1) is 5.69 Å². The summed E-state index contributed by atoms with van der Waals surface area (Å²) in [6.07, 6.45) is 4.16. The molecular formula is C13H17N5. The molecule has 0 bridgehead atoms. The van der Waals surface area contributed by atoms with Crippen LogP contribution in [0, 0.1) is 13.8 Å². The minimum atomic E-state index is 0.658. The number of nitrogens with one attached hydrogen (secondary N) is 2. The van der Waals surface area contributed by atoms with E-state index in [1.807, 2.05) is 13.8 Å². The third-order valence-electron chi connectivity index (χ3n) is 3.41. The van der Waals surface area contributed by atoms with Gasteiger partial charge in [0.1, 0.15) is 12.1 Å². The van der Waals surface area contributed by atoms with Gasteiger partial charge in [-0.05, 0) is 26.7 Å². The lowest BCUT2D eigenvalue weighted by Gasteiger charge is -2.06. The number of hydrogen-bond donors (Lipinski definition) is 2. The Morgan fingerprint density at radius 3 is 2.83 bits per heavy atom. The van der Waals surface area contributed by atoms with Crippen molar-refractivity contribution < 1.29 is 0 Å². The molecule has 18 heavy (non-hydrogen) atoms. The molecule has 5 nitrogen and oxygen atoms in total. The summed E-state index contributed by atoms with van der Waals surface area (Å²) in [4.78, 5) is 8.57. The van der Waals surface area contributed by atoms with Crippen LogP contribution in [0.4, 0.5) is 5.82 Å². The van der Waals surface area contributed by atoms with E-state index >= 15 is 0 Å². The lowest BCUT2D eigenvalue weighted by atomic mass is 10.2. The minimum absolute atomic E-state index is 0.658. The van der Waals surface area contributed by atoms with Gasteiger partial charge in [-0.1, -0.05) is 0 Å². The summed E-state index contributed by atoms with van der Waals surface area (Å²) in [7, 11) is 0. The second-order valence-corrected chi connectivity index (χ2v) is 4.87. The van der Waals surface area contributed by atoms with Crippen LogP contribution in [0.1, 0.15) is 41.4 Å². The van der Waals surface area contributed by atoms with Gasteiger partial charge < -0.3 is 5.32 Å². The van der Waals surface area contributed by atoms with Crippen molar-refractivity contribution in [1.29, 1.82) is 0 Å². The van der Waals surface area contributed by atoms with E-state index in [1.165, 1.54) is 18.4 Å². The lowest BCUT2D eigenvalue weighted by molar-refractivity contribution is 0.974. The fraction of sp³-hybridized carbons (Fsp3) is 0.462. The maximum absolute atomic E-state index is 4.31. The summed E-state index contributed by atoms with van der Waals surface area (Å²) in [5.41, 5.74) is 4.52. The molecule has 2 heterocycles. The number of aromatic nitrogens is 4. The molecule has 94 valence electrons. The smallest absolute Gasteiger partial charge is 0.129 e. The van der Waals surface area contributed by atoms with Crippen molar-refractivity contribution in [3.63, 3.8) is 0 Å². The van der Waals surface area contributed by atoms with Crippen LogP contribution in [-0.4, -0.2) is 20.2 Å². The highest BCUT2D eigenvalue weighted by Gasteiger charge is 2.25. The second-order valence-electron chi connectivity index (χ2n) is 4.87. The van der Waals surface area contributed by atoms with Crippen LogP contribution in [0.15, 0.2) is 12.4 Å². The van der Waals surface area contributed by atoms with Crippen LogP contribution in [0.25, 0.3) is 0 Å². The van der Waals surface area contributed by atoms with Crippen molar-refractivity contribution in [2.45, 2.75) is 39.2 Å². The van der Waals surface area contributed by atoms with Crippen LogP contribution >= 0.6 is 0 Å². The Morgan fingerprint density at radius 1 is 1.33 bits per heavy atom. The number of anilines is 1. The van der Waals surface area contributed by atoms with Crippen molar-refractivity contribution in [3.8, 4) is 0 Å². The molecule has 0 saturated heterocycles. The number of H-pyrrole nitrogens is 1. The first-order valence-corrected chi connectivity index (χ1v) is 6.30. The van der Waals surface area contributed by atoms with Gasteiger partial charge in [-0.3, -0.25) is 5.10 Å². The van der Waals surface area contributed by atoms with Crippen LogP contribution in [0.3, 0.4) is 0 Å². The first-order chi connectivity index (χ1) is 8.74. The van der Waals surface area contributed by atoms with Crippen molar-refractivity contribution in [3.05, 3.63) is 35.0 Å². The SMILES string of the molecule is Cc1n[nH]c(C)c1CNc1cc(C2CC2)ncn1. The average Bonchev–Trinajstić information content (AvgIpc) is 3.17. The molecule has 0 aromatic carbocycles. The van der Waals surface area contributed by atoms with Crippen LogP contribution in [0.2, 0.25) is 0 Å². The van der Waals surface area contributed by atoms with Crippen LogP contribution in [-0.2, 0) is 6.54 Å². The third kappa shape index (κ3) is 2.20. The quantitative estimate of drug-likeness (QED) is 0.864. The molecule has 0 spiro atoms. The molecule has 2 aromatic rings. The summed E-state index contributed by atoms with van der Waals surface area (Å²) < 4.78 is 0. The molecule has 1 aliphatic rings.